The quantitative estimate of drug-likeness (QED) is 0.296. The van der Waals surface area contributed by atoms with Crippen LogP contribution in [0.1, 0.15) is 22.7 Å². The number of likely N-dealkylation sites (N-methyl/N-ethyl adjacent to an activating group) is 1. The van der Waals surface area contributed by atoms with Crippen LogP contribution in [0.5, 0.6) is 0 Å². The number of nitrogens with zero attached hydrogens (tertiary/aromatic N) is 3. The van der Waals surface area contributed by atoms with Crippen molar-refractivity contribution in [1.29, 1.82) is 0 Å². The summed E-state index contributed by atoms with van der Waals surface area (Å²) in [5.41, 5.74) is 2.18. The number of hydrogen-bond acceptors (Lipinski definition) is 4. The molecule has 9 heteroatoms. The number of halogens is 3. The highest BCUT2D eigenvalue weighted by Crippen LogP contribution is 2.33. The fraction of sp³-hybridized carbons (Fsp3) is 0.259. The van der Waals surface area contributed by atoms with Crippen molar-refractivity contribution < 1.29 is 18.0 Å². The van der Waals surface area contributed by atoms with Gasteiger partial charge in [0.05, 0.1) is 34.9 Å². The van der Waals surface area contributed by atoms with Crippen LogP contribution in [0.25, 0.3) is 11.0 Å². The monoisotopic (exact) mass is 512 g/mol. The number of amides is 1. The summed E-state index contributed by atoms with van der Waals surface area (Å²) in [5, 5.41) is 3.47. The fourth-order valence-electron chi connectivity index (χ4n) is 3.98. The molecule has 0 radical (unpaired) electrons. The molecule has 0 aliphatic rings. The summed E-state index contributed by atoms with van der Waals surface area (Å²) >= 11 is 1.21. The van der Waals surface area contributed by atoms with E-state index in [1.165, 1.54) is 17.8 Å². The molecule has 0 aliphatic carbocycles. The number of carbonyl (C=O) groups is 1. The first-order valence-electron chi connectivity index (χ1n) is 11.4. The van der Waals surface area contributed by atoms with Crippen LogP contribution in [-0.4, -0.2) is 46.8 Å². The van der Waals surface area contributed by atoms with Gasteiger partial charge in [0.2, 0.25) is 5.91 Å². The molecule has 0 bridgehead atoms. The third kappa shape index (κ3) is 6.27. The molecule has 1 atom stereocenters. The number of carbonyl (C=O) groups excluding carboxylic acids is 1. The molecule has 1 heterocycles. The second-order valence-electron chi connectivity index (χ2n) is 8.65. The second-order valence-corrected chi connectivity index (χ2v) is 9.59. The highest BCUT2D eigenvalue weighted by molar-refractivity contribution is 7.99. The number of fused-ring (bicyclic) bond motifs is 1. The lowest BCUT2D eigenvalue weighted by molar-refractivity contribution is -0.137. The molecule has 0 saturated heterocycles. The zero-order chi connectivity index (χ0) is 25.7. The lowest BCUT2D eigenvalue weighted by atomic mass is 10.1. The van der Waals surface area contributed by atoms with E-state index in [1.807, 2.05) is 84.2 Å². The Labute approximate surface area is 212 Å². The van der Waals surface area contributed by atoms with Gasteiger partial charge in [0.15, 0.2) is 5.16 Å². The van der Waals surface area contributed by atoms with Crippen molar-refractivity contribution in [2.24, 2.45) is 0 Å². The van der Waals surface area contributed by atoms with E-state index in [1.54, 1.807) is 0 Å². The number of aromatic nitrogens is 2. The first-order valence-corrected chi connectivity index (χ1v) is 12.4. The summed E-state index contributed by atoms with van der Waals surface area (Å²) < 4.78 is 41.6. The van der Waals surface area contributed by atoms with Gasteiger partial charge >= 0.3 is 6.18 Å². The highest BCUT2D eigenvalue weighted by atomic mass is 32.2. The Bertz CT molecular complexity index is 1310. The van der Waals surface area contributed by atoms with Crippen LogP contribution in [0.3, 0.4) is 0 Å². The molecule has 5 nitrogen and oxygen atoms in total. The zero-order valence-corrected chi connectivity index (χ0v) is 20.8. The Hall–Kier alpha value is -3.30. The van der Waals surface area contributed by atoms with E-state index in [-0.39, 0.29) is 23.2 Å². The van der Waals surface area contributed by atoms with Gasteiger partial charge in [-0.2, -0.15) is 13.2 Å². The Kier molecular flexibility index (Phi) is 8.01. The number of thioether (sulfide) groups is 1. The van der Waals surface area contributed by atoms with Crippen molar-refractivity contribution in [3.05, 3.63) is 95.6 Å². The van der Waals surface area contributed by atoms with Gasteiger partial charge in [-0.25, -0.2) is 4.98 Å². The van der Waals surface area contributed by atoms with E-state index >= 15 is 0 Å². The van der Waals surface area contributed by atoms with Gasteiger partial charge in [-0.15, -0.1) is 0 Å². The maximum absolute atomic E-state index is 13.3. The van der Waals surface area contributed by atoms with Gasteiger partial charge < -0.3 is 14.8 Å². The molecule has 0 spiro atoms. The molecule has 1 aromatic heterocycles. The Balaban J connectivity index is 1.51. The molecule has 0 saturated carbocycles. The largest absolute Gasteiger partial charge is 0.416 e. The molecule has 1 unspecified atom stereocenters. The van der Waals surface area contributed by atoms with Gasteiger partial charge in [0.1, 0.15) is 0 Å². The van der Waals surface area contributed by atoms with Gasteiger partial charge in [-0.3, -0.25) is 4.79 Å². The number of hydrogen-bond donors (Lipinski definition) is 1. The SMILES string of the molecule is CN(C)C(CNC(=O)CSc1nc2cc(C(F)(F)F)ccc2n1Cc1ccccc1)c1ccccc1. The molecule has 1 amide bonds. The first-order chi connectivity index (χ1) is 17.2. The maximum Gasteiger partial charge on any atom is 0.416 e. The standard InChI is InChI=1S/C27H27F3N4OS/c1-33(2)24(20-11-7-4-8-12-20)16-31-25(35)18-36-26-32-22-15-21(27(28,29)30)13-14-23(22)34(26)17-19-9-5-3-6-10-19/h3-15,24H,16-18H2,1-2H3,(H,31,35). The van der Waals surface area contributed by atoms with Crippen LogP contribution in [0.4, 0.5) is 13.2 Å². The number of benzene rings is 3. The van der Waals surface area contributed by atoms with Crippen LogP contribution in [-0.2, 0) is 17.5 Å². The van der Waals surface area contributed by atoms with Crippen molar-refractivity contribution in [2.75, 3.05) is 26.4 Å². The molecule has 4 rings (SSSR count). The van der Waals surface area contributed by atoms with Crippen molar-refractivity contribution in [3.63, 3.8) is 0 Å². The van der Waals surface area contributed by atoms with Crippen LogP contribution >= 0.6 is 11.8 Å². The predicted molar refractivity (Wildman–Crippen MR) is 137 cm³/mol. The molecule has 36 heavy (non-hydrogen) atoms. The fourth-order valence-corrected chi connectivity index (χ4v) is 4.82. The summed E-state index contributed by atoms with van der Waals surface area (Å²) in [6, 6.07) is 23.1. The van der Waals surface area contributed by atoms with Crippen molar-refractivity contribution in [1.82, 2.24) is 19.8 Å². The number of imidazole rings is 1. The van der Waals surface area contributed by atoms with E-state index in [4.69, 9.17) is 0 Å². The summed E-state index contributed by atoms with van der Waals surface area (Å²) in [4.78, 5) is 19.2. The molecule has 1 N–H and O–H groups in total. The topological polar surface area (TPSA) is 50.2 Å². The average Bonchev–Trinajstić information content (AvgIpc) is 3.20. The van der Waals surface area contributed by atoms with Crippen molar-refractivity contribution in [3.8, 4) is 0 Å². The average molecular weight is 513 g/mol. The maximum atomic E-state index is 13.3. The molecule has 0 fully saturated rings. The van der Waals surface area contributed by atoms with E-state index in [2.05, 4.69) is 10.3 Å². The first kappa shape index (κ1) is 25.8. The number of nitrogens with one attached hydrogen (secondary N) is 1. The number of rotatable bonds is 9. The van der Waals surface area contributed by atoms with Crippen molar-refractivity contribution in [2.45, 2.75) is 23.9 Å². The van der Waals surface area contributed by atoms with Gasteiger partial charge in [-0.05, 0) is 43.4 Å². The summed E-state index contributed by atoms with van der Waals surface area (Å²) in [7, 11) is 3.92. The molecule has 188 valence electrons. The van der Waals surface area contributed by atoms with Crippen molar-refractivity contribution >= 4 is 28.7 Å². The minimum Gasteiger partial charge on any atom is -0.353 e. The third-order valence-corrected chi connectivity index (χ3v) is 6.83. The van der Waals surface area contributed by atoms with Gasteiger partial charge in [0, 0.05) is 6.54 Å². The molecular weight excluding hydrogens is 485 g/mol. The Morgan fingerprint density at radius 3 is 2.33 bits per heavy atom. The van der Waals surface area contributed by atoms with Crippen LogP contribution in [0.15, 0.2) is 84.0 Å². The van der Waals surface area contributed by atoms with Crippen LogP contribution in [0.2, 0.25) is 0 Å². The minimum atomic E-state index is -4.45. The molecule has 3 aromatic carbocycles. The second kappa shape index (κ2) is 11.2. The van der Waals surface area contributed by atoms with E-state index in [0.717, 1.165) is 23.3 Å². The summed E-state index contributed by atoms with van der Waals surface area (Å²) in [5.74, 6) is -0.0730. The van der Waals surface area contributed by atoms with Crippen LogP contribution < -0.4 is 5.32 Å². The lowest BCUT2D eigenvalue weighted by Gasteiger charge is -2.25. The molecule has 0 aliphatic heterocycles. The molecular formula is C27H27F3N4OS. The zero-order valence-electron chi connectivity index (χ0n) is 20.0. The third-order valence-electron chi connectivity index (χ3n) is 5.86. The van der Waals surface area contributed by atoms with Crippen LogP contribution in [0, 0.1) is 0 Å². The molecule has 4 aromatic rings. The lowest BCUT2D eigenvalue weighted by Crippen LogP contribution is -2.35. The van der Waals surface area contributed by atoms with E-state index in [0.29, 0.717) is 23.8 Å². The predicted octanol–water partition coefficient (Wildman–Crippen LogP) is 5.61. The minimum absolute atomic E-state index is 0.0172. The normalized spacial score (nSPS) is 12.7. The van der Waals surface area contributed by atoms with Gasteiger partial charge in [0.25, 0.3) is 0 Å². The smallest absolute Gasteiger partial charge is 0.353 e. The van der Waals surface area contributed by atoms with E-state index < -0.39 is 11.7 Å². The highest BCUT2D eigenvalue weighted by Gasteiger charge is 2.31. The Morgan fingerprint density at radius 1 is 1.03 bits per heavy atom. The Morgan fingerprint density at radius 2 is 1.69 bits per heavy atom. The number of alkyl halides is 3. The summed E-state index contributed by atoms with van der Waals surface area (Å²) in [6.07, 6.45) is -4.45. The van der Waals surface area contributed by atoms with E-state index in [9.17, 15) is 18.0 Å². The summed E-state index contributed by atoms with van der Waals surface area (Å²) in [6.45, 7) is 0.870. The van der Waals surface area contributed by atoms with Gasteiger partial charge in [-0.1, -0.05) is 72.4 Å².